The van der Waals surface area contributed by atoms with E-state index in [2.05, 4.69) is 5.16 Å². The third-order valence-electron chi connectivity index (χ3n) is 3.05. The van der Waals surface area contributed by atoms with Gasteiger partial charge in [0.15, 0.2) is 0 Å². The molecule has 1 aliphatic heterocycles. The van der Waals surface area contributed by atoms with Crippen molar-refractivity contribution in [3.8, 4) is 5.75 Å². The Hall–Kier alpha value is -1.96. The van der Waals surface area contributed by atoms with Gasteiger partial charge in [-0.1, -0.05) is 16.8 Å². The van der Waals surface area contributed by atoms with Gasteiger partial charge in [-0.2, -0.15) is 13.2 Å². The van der Waals surface area contributed by atoms with E-state index in [0.717, 1.165) is 6.21 Å². The van der Waals surface area contributed by atoms with Crippen LogP contribution in [0, 0.1) is 5.92 Å². The molecule has 0 aromatic heterocycles. The smallest absolute Gasteiger partial charge is 0.426 e. The van der Waals surface area contributed by atoms with Gasteiger partial charge in [-0.05, 0) is 24.1 Å². The number of ether oxygens (including phenoxy) is 1. The number of rotatable bonds is 2. The number of nitrogens with zero attached hydrogens (tertiary/aromatic N) is 1. The molecule has 0 unspecified atom stereocenters. The second-order valence-electron chi connectivity index (χ2n) is 4.46. The Labute approximate surface area is 121 Å². The monoisotopic (exact) mass is 323 g/mol. The predicted octanol–water partition coefficient (Wildman–Crippen LogP) is 2.71. The van der Waals surface area contributed by atoms with Crippen molar-refractivity contribution >= 4 is 23.8 Å². The fraction of sp³-hybridized carbons (Fsp3) is 0.333. The van der Waals surface area contributed by atoms with Gasteiger partial charge in [-0.3, -0.25) is 4.79 Å². The molecule has 1 aromatic carbocycles. The average molecular weight is 324 g/mol. The van der Waals surface area contributed by atoms with Crippen molar-refractivity contribution in [1.29, 1.82) is 0 Å². The molecule has 0 bridgehead atoms. The van der Waals surface area contributed by atoms with Crippen LogP contribution in [-0.4, -0.2) is 34.8 Å². The highest BCUT2D eigenvalue weighted by atomic mass is 35.5. The van der Waals surface area contributed by atoms with Crippen LogP contribution < -0.4 is 4.74 Å². The molecule has 0 amide bonds. The largest absolute Gasteiger partial charge is 0.481 e. The van der Waals surface area contributed by atoms with Gasteiger partial charge in [0.1, 0.15) is 11.7 Å². The molecule has 0 spiro atoms. The topological polar surface area (TPSA) is 79.1 Å². The fourth-order valence-electron chi connectivity index (χ4n) is 2.19. The summed E-state index contributed by atoms with van der Waals surface area (Å²) in [4.78, 5) is 11.0. The van der Waals surface area contributed by atoms with E-state index in [4.69, 9.17) is 26.7 Å². The quantitative estimate of drug-likeness (QED) is 0.498. The highest BCUT2D eigenvalue weighted by molar-refractivity contribution is 6.31. The maximum Gasteiger partial charge on any atom is 0.426 e. The van der Waals surface area contributed by atoms with Crippen LogP contribution in [0.15, 0.2) is 17.3 Å². The van der Waals surface area contributed by atoms with Gasteiger partial charge in [-0.15, -0.1) is 0 Å². The van der Waals surface area contributed by atoms with E-state index in [1.165, 1.54) is 12.1 Å². The van der Waals surface area contributed by atoms with Gasteiger partial charge in [0, 0.05) is 10.6 Å². The molecule has 2 rings (SSSR count). The van der Waals surface area contributed by atoms with Crippen LogP contribution in [0.4, 0.5) is 13.2 Å². The lowest BCUT2D eigenvalue weighted by atomic mass is 9.89. The van der Waals surface area contributed by atoms with Gasteiger partial charge >= 0.3 is 12.1 Å². The van der Waals surface area contributed by atoms with E-state index >= 15 is 0 Å². The summed E-state index contributed by atoms with van der Waals surface area (Å²) in [7, 11) is 0. The summed E-state index contributed by atoms with van der Waals surface area (Å²) in [5.74, 6) is -3.56. The SMILES string of the molecule is O=C(O)[C@@H]1Cc2cc(Cl)cc(C=NO)c2O[C@@H]1C(F)(F)F. The first-order valence-corrected chi connectivity index (χ1v) is 6.08. The van der Waals surface area contributed by atoms with Crippen LogP contribution in [0.3, 0.4) is 0 Å². The Bertz CT molecular complexity index is 603. The lowest BCUT2D eigenvalue weighted by Crippen LogP contribution is -2.47. The van der Waals surface area contributed by atoms with Crippen LogP contribution in [0.25, 0.3) is 0 Å². The molecule has 0 fully saturated rings. The maximum atomic E-state index is 12.9. The second kappa shape index (κ2) is 5.44. The molecule has 1 aromatic rings. The lowest BCUT2D eigenvalue weighted by Gasteiger charge is -2.33. The number of halogens is 4. The molecule has 114 valence electrons. The molecule has 0 saturated carbocycles. The summed E-state index contributed by atoms with van der Waals surface area (Å²) in [6.45, 7) is 0. The Morgan fingerprint density at radius 2 is 2.14 bits per heavy atom. The number of fused-ring (bicyclic) bond motifs is 1. The summed E-state index contributed by atoms with van der Waals surface area (Å²) in [5.41, 5.74) is 0.253. The van der Waals surface area contributed by atoms with Crippen molar-refractivity contribution in [1.82, 2.24) is 0 Å². The molecule has 1 heterocycles. The van der Waals surface area contributed by atoms with E-state index in [-0.39, 0.29) is 28.3 Å². The summed E-state index contributed by atoms with van der Waals surface area (Å²) in [6.07, 6.45) is -6.83. The zero-order chi connectivity index (χ0) is 15.8. The van der Waals surface area contributed by atoms with Gasteiger partial charge in [-0.25, -0.2) is 0 Å². The van der Waals surface area contributed by atoms with Crippen LogP contribution in [0.2, 0.25) is 5.02 Å². The minimum Gasteiger partial charge on any atom is -0.481 e. The molecular formula is C12H9ClF3NO4. The Balaban J connectivity index is 2.54. The molecule has 21 heavy (non-hydrogen) atoms. The zero-order valence-corrected chi connectivity index (χ0v) is 11.0. The number of carboxylic acid groups (broad SMARTS) is 1. The number of carbonyl (C=O) groups is 1. The second-order valence-corrected chi connectivity index (χ2v) is 4.89. The third-order valence-corrected chi connectivity index (χ3v) is 3.26. The number of carboxylic acids is 1. The van der Waals surface area contributed by atoms with Crippen molar-refractivity contribution in [3.05, 3.63) is 28.3 Å². The highest BCUT2D eigenvalue weighted by Crippen LogP contribution is 2.41. The minimum absolute atomic E-state index is 0.0399. The highest BCUT2D eigenvalue weighted by Gasteiger charge is 2.52. The lowest BCUT2D eigenvalue weighted by molar-refractivity contribution is -0.217. The average Bonchev–Trinajstić information content (AvgIpc) is 2.36. The number of aliphatic carboxylic acids is 1. The first-order chi connectivity index (χ1) is 9.74. The van der Waals surface area contributed by atoms with Crippen molar-refractivity contribution < 1.29 is 33.0 Å². The van der Waals surface area contributed by atoms with Crippen molar-refractivity contribution in [2.75, 3.05) is 0 Å². The molecule has 9 heteroatoms. The molecular weight excluding hydrogens is 315 g/mol. The normalized spacial score (nSPS) is 21.9. The van der Waals surface area contributed by atoms with E-state index in [0.29, 0.717) is 0 Å². The summed E-state index contributed by atoms with van der Waals surface area (Å²) in [6, 6.07) is 2.59. The molecule has 0 saturated heterocycles. The molecule has 2 N–H and O–H groups in total. The van der Waals surface area contributed by atoms with Crippen LogP contribution in [-0.2, 0) is 11.2 Å². The van der Waals surface area contributed by atoms with Gasteiger partial charge < -0.3 is 15.1 Å². The number of hydrogen-bond donors (Lipinski definition) is 2. The molecule has 0 aliphatic carbocycles. The van der Waals surface area contributed by atoms with E-state index in [1.54, 1.807) is 0 Å². The molecule has 5 nitrogen and oxygen atoms in total. The third kappa shape index (κ3) is 3.05. The fourth-order valence-corrected chi connectivity index (χ4v) is 2.44. The molecule has 2 atom stereocenters. The minimum atomic E-state index is -4.84. The first kappa shape index (κ1) is 15.4. The van der Waals surface area contributed by atoms with Crippen molar-refractivity contribution in [3.63, 3.8) is 0 Å². The number of hydrogen-bond acceptors (Lipinski definition) is 4. The van der Waals surface area contributed by atoms with E-state index in [1.807, 2.05) is 0 Å². The molecule has 0 radical (unpaired) electrons. The van der Waals surface area contributed by atoms with Gasteiger partial charge in [0.05, 0.1) is 6.21 Å². The molecule has 1 aliphatic rings. The van der Waals surface area contributed by atoms with E-state index in [9.17, 15) is 18.0 Å². The van der Waals surface area contributed by atoms with Crippen LogP contribution >= 0.6 is 11.6 Å². The summed E-state index contributed by atoms with van der Waals surface area (Å²) in [5, 5.41) is 20.4. The number of alkyl halides is 3. The summed E-state index contributed by atoms with van der Waals surface area (Å²) < 4.78 is 43.7. The van der Waals surface area contributed by atoms with Crippen LogP contribution in [0.5, 0.6) is 5.75 Å². The first-order valence-electron chi connectivity index (χ1n) is 5.70. The predicted molar refractivity (Wildman–Crippen MR) is 66.1 cm³/mol. The Morgan fingerprint density at radius 1 is 1.48 bits per heavy atom. The number of benzene rings is 1. The van der Waals surface area contributed by atoms with Crippen molar-refractivity contribution in [2.24, 2.45) is 11.1 Å². The zero-order valence-electron chi connectivity index (χ0n) is 10.3. The van der Waals surface area contributed by atoms with Gasteiger partial charge in [0.2, 0.25) is 6.10 Å². The standard InChI is InChI=1S/C12H9ClF3NO4/c13-7-1-5-3-8(11(18)19)10(12(14,15)16)21-9(5)6(2-7)4-17-20/h1-2,4,8,10,20H,3H2,(H,18,19)/t8-,10+/m1/s1. The number of oxime groups is 1. The Kier molecular flexibility index (Phi) is 3.99. The Morgan fingerprint density at radius 3 is 2.67 bits per heavy atom. The van der Waals surface area contributed by atoms with Crippen molar-refractivity contribution in [2.45, 2.75) is 18.7 Å². The maximum absolute atomic E-state index is 12.9. The van der Waals surface area contributed by atoms with Gasteiger partial charge in [0.25, 0.3) is 0 Å². The van der Waals surface area contributed by atoms with E-state index < -0.39 is 24.2 Å². The van der Waals surface area contributed by atoms with Crippen LogP contribution in [0.1, 0.15) is 11.1 Å². The summed E-state index contributed by atoms with van der Waals surface area (Å²) >= 11 is 5.80.